The number of aldehydes is 1. The summed E-state index contributed by atoms with van der Waals surface area (Å²) in [4.78, 5) is 38.9. The summed E-state index contributed by atoms with van der Waals surface area (Å²) in [7, 11) is 0. The van der Waals surface area contributed by atoms with E-state index in [1.807, 2.05) is 6.92 Å². The van der Waals surface area contributed by atoms with Crippen molar-refractivity contribution in [3.63, 3.8) is 0 Å². The van der Waals surface area contributed by atoms with Crippen LogP contribution in [-0.4, -0.2) is 65.9 Å². The normalized spacial score (nSPS) is 9.50. The van der Waals surface area contributed by atoms with Crippen LogP contribution in [0.25, 0.3) is 0 Å². The van der Waals surface area contributed by atoms with Gasteiger partial charge in [0, 0.05) is 40.4 Å². The Morgan fingerprint density at radius 2 is 1.21 bits per heavy atom. The number of carbonyl (C=O) groups excluding carboxylic acids is 3. The zero-order valence-electron chi connectivity index (χ0n) is 26.2. The zero-order valence-corrected chi connectivity index (χ0v) is 26.2. The van der Waals surface area contributed by atoms with Gasteiger partial charge < -0.3 is 29.6 Å². The van der Waals surface area contributed by atoms with Gasteiger partial charge in [0.15, 0.2) is 0 Å². The quantitative estimate of drug-likeness (QED) is 0.137. The van der Waals surface area contributed by atoms with Crippen LogP contribution in [0, 0.1) is 11.8 Å². The number of aliphatic hydroxyl groups excluding tert-OH is 2. The molecule has 0 aliphatic heterocycles. The van der Waals surface area contributed by atoms with E-state index in [9.17, 15) is 14.4 Å². The van der Waals surface area contributed by atoms with Gasteiger partial charge in [0.1, 0.15) is 6.29 Å². The monoisotopic (exact) mass is 554 g/mol. The molecule has 0 aliphatic carbocycles. The maximum absolute atomic E-state index is 10.2. The lowest BCUT2D eigenvalue weighted by Crippen LogP contribution is -2.02. The van der Waals surface area contributed by atoms with E-state index in [0.717, 1.165) is 38.9 Å². The maximum Gasteiger partial charge on any atom is 0.302 e. The third-order valence-electron chi connectivity index (χ3n) is 4.03. The second kappa shape index (κ2) is 48.1. The number of hydrogen-bond donors (Lipinski definition) is 3. The second-order valence-electron chi connectivity index (χ2n) is 8.70. The molecule has 9 nitrogen and oxygen atoms in total. The summed E-state index contributed by atoms with van der Waals surface area (Å²) in [5, 5.41) is 23.3. The van der Waals surface area contributed by atoms with Gasteiger partial charge in [0.05, 0.1) is 13.2 Å². The molecule has 0 radical (unpaired) electrons. The highest BCUT2D eigenvalue weighted by Crippen LogP contribution is 2.05. The first-order chi connectivity index (χ1) is 17.8. The first-order valence-electron chi connectivity index (χ1n) is 13.9. The maximum atomic E-state index is 10.2. The summed E-state index contributed by atoms with van der Waals surface area (Å²) < 4.78 is 9.12. The average Bonchev–Trinajstić information content (AvgIpc) is 2.81. The van der Waals surface area contributed by atoms with E-state index >= 15 is 0 Å². The number of ether oxygens (including phenoxy) is 2. The summed E-state index contributed by atoms with van der Waals surface area (Å²) in [6, 6.07) is 0. The molecule has 0 bridgehead atoms. The molecule has 0 aromatic heterocycles. The molecule has 9 heteroatoms. The van der Waals surface area contributed by atoms with E-state index in [2.05, 4.69) is 32.4 Å². The minimum absolute atomic E-state index is 0.185. The molecule has 0 aliphatic rings. The highest BCUT2D eigenvalue weighted by molar-refractivity contribution is 5.66. The van der Waals surface area contributed by atoms with Gasteiger partial charge in [0.2, 0.25) is 0 Å². The molecular weight excluding hydrogens is 492 g/mol. The van der Waals surface area contributed by atoms with E-state index in [0.29, 0.717) is 31.7 Å². The Balaban J connectivity index is -0.0000000844. The lowest BCUT2D eigenvalue weighted by molar-refractivity contribution is -0.141. The lowest BCUT2D eigenvalue weighted by Gasteiger charge is -2.02. The summed E-state index contributed by atoms with van der Waals surface area (Å²) in [5.41, 5.74) is 0. The van der Waals surface area contributed by atoms with Crippen molar-refractivity contribution in [2.45, 2.75) is 127 Å². The highest BCUT2D eigenvalue weighted by Gasteiger charge is 1.95. The van der Waals surface area contributed by atoms with Crippen molar-refractivity contribution in [3.05, 3.63) is 0 Å². The number of carboxylic acid groups (broad SMARTS) is 1. The van der Waals surface area contributed by atoms with Gasteiger partial charge in [-0.15, -0.1) is 0 Å². The number of aliphatic carboxylic acids is 1. The summed E-state index contributed by atoms with van der Waals surface area (Å²) in [6.45, 7) is 19.5. The number of unbranched alkanes of at least 4 members (excludes halogenated alkanes) is 6. The van der Waals surface area contributed by atoms with Gasteiger partial charge in [-0.1, -0.05) is 73.1 Å². The molecule has 0 rings (SSSR count). The van der Waals surface area contributed by atoms with Gasteiger partial charge in [0.25, 0.3) is 5.97 Å². The van der Waals surface area contributed by atoms with E-state index < -0.39 is 5.97 Å². The van der Waals surface area contributed by atoms with Crippen molar-refractivity contribution >= 4 is 24.2 Å². The second-order valence-corrected chi connectivity index (χ2v) is 8.70. The predicted octanol–water partition coefficient (Wildman–Crippen LogP) is 6.22. The molecule has 3 N–H and O–H groups in total. The first kappa shape index (κ1) is 49.0. The van der Waals surface area contributed by atoms with Crippen LogP contribution in [0.15, 0.2) is 0 Å². The predicted molar refractivity (Wildman–Crippen MR) is 155 cm³/mol. The van der Waals surface area contributed by atoms with Gasteiger partial charge in [-0.2, -0.15) is 0 Å². The van der Waals surface area contributed by atoms with Crippen molar-refractivity contribution < 1.29 is 44.0 Å². The Morgan fingerprint density at radius 3 is 1.45 bits per heavy atom. The van der Waals surface area contributed by atoms with Crippen molar-refractivity contribution in [3.8, 4) is 0 Å². The molecule has 1 unspecified atom stereocenters. The number of carbonyl (C=O) groups is 4. The number of aliphatic hydroxyl groups is 2. The lowest BCUT2D eigenvalue weighted by atomic mass is 10.1. The Morgan fingerprint density at radius 1 is 0.789 bits per heavy atom. The first-order valence-corrected chi connectivity index (χ1v) is 13.9. The molecular formula is C29H62O9. The van der Waals surface area contributed by atoms with Crippen LogP contribution in [0.2, 0.25) is 0 Å². The minimum atomic E-state index is -0.833. The van der Waals surface area contributed by atoms with Crippen LogP contribution >= 0.6 is 0 Å². The highest BCUT2D eigenvalue weighted by atomic mass is 16.5. The van der Waals surface area contributed by atoms with Crippen molar-refractivity contribution in [2.24, 2.45) is 11.8 Å². The van der Waals surface area contributed by atoms with Crippen LogP contribution in [0.3, 0.4) is 0 Å². The van der Waals surface area contributed by atoms with Crippen molar-refractivity contribution in [1.29, 1.82) is 0 Å². The molecule has 0 saturated carbocycles. The van der Waals surface area contributed by atoms with E-state index in [4.69, 9.17) is 24.9 Å². The van der Waals surface area contributed by atoms with E-state index in [-0.39, 0.29) is 18.5 Å². The fourth-order valence-electron chi connectivity index (χ4n) is 1.78. The van der Waals surface area contributed by atoms with Crippen LogP contribution in [0.1, 0.15) is 127 Å². The molecule has 232 valence electrons. The van der Waals surface area contributed by atoms with Crippen LogP contribution in [0.4, 0.5) is 0 Å². The summed E-state index contributed by atoms with van der Waals surface area (Å²) in [5.74, 6) is -0.123. The molecule has 0 spiro atoms. The topological polar surface area (TPSA) is 147 Å². The van der Waals surface area contributed by atoms with Gasteiger partial charge in [-0.25, -0.2) is 0 Å². The molecule has 0 aromatic rings. The molecule has 0 amide bonds. The third kappa shape index (κ3) is 114. The fourth-order valence-corrected chi connectivity index (χ4v) is 1.78. The van der Waals surface area contributed by atoms with Gasteiger partial charge >= 0.3 is 11.9 Å². The molecule has 38 heavy (non-hydrogen) atoms. The SMILES string of the molecule is CC(=O)O.CC(=O)OCCC(C)C.CCC(C)CO.CCCCCCCCC=O.CCO.CCOC(C)=O. The number of rotatable bonds is 13. The van der Waals surface area contributed by atoms with Gasteiger partial charge in [-0.05, 0) is 38.5 Å². The van der Waals surface area contributed by atoms with E-state index in [1.165, 1.54) is 46.0 Å². The summed E-state index contributed by atoms with van der Waals surface area (Å²) in [6.07, 6.45) is 11.4. The molecule has 0 saturated heterocycles. The van der Waals surface area contributed by atoms with Crippen LogP contribution < -0.4 is 0 Å². The Kier molecular flexibility index (Phi) is 62.0. The molecule has 0 heterocycles. The van der Waals surface area contributed by atoms with Crippen molar-refractivity contribution in [1.82, 2.24) is 0 Å². The zero-order chi connectivity index (χ0) is 31.2. The van der Waals surface area contributed by atoms with E-state index in [1.54, 1.807) is 13.8 Å². The van der Waals surface area contributed by atoms with Crippen LogP contribution in [0.5, 0.6) is 0 Å². The number of carboxylic acids is 1. The molecule has 0 aromatic carbocycles. The smallest absolute Gasteiger partial charge is 0.302 e. The Labute approximate surface area is 233 Å². The number of hydrogen-bond acceptors (Lipinski definition) is 8. The average molecular weight is 555 g/mol. The van der Waals surface area contributed by atoms with Crippen LogP contribution in [-0.2, 0) is 28.7 Å². The molecule has 0 fully saturated rings. The largest absolute Gasteiger partial charge is 0.481 e. The Hall–Kier alpha value is -2.00. The van der Waals surface area contributed by atoms with Crippen molar-refractivity contribution in [2.75, 3.05) is 26.4 Å². The fraction of sp³-hybridized carbons (Fsp3) is 0.862. The minimum Gasteiger partial charge on any atom is -0.481 e. The number of esters is 2. The third-order valence-corrected chi connectivity index (χ3v) is 4.03. The van der Waals surface area contributed by atoms with Gasteiger partial charge in [-0.3, -0.25) is 14.4 Å². The molecule has 1 atom stereocenters. The Bertz CT molecular complexity index is 459. The summed E-state index contributed by atoms with van der Waals surface area (Å²) >= 11 is 0. The standard InChI is InChI=1S/C9H18O.C7H14O2.C5H12O.C4H8O2.C2H4O2.C2H6O/c1-2-3-4-5-6-7-8-9-10;1-6(2)4-5-9-7(3)8;1-3-5(2)4-6;1-3-6-4(2)5;1-2(3)4;1-2-3/h9H,2-8H2,1H3;6H,4-5H2,1-3H3;5-6H,3-4H2,1-2H3;3H2,1-2H3;1H3,(H,3,4);3H,2H2,1H3.